The fourth-order valence-corrected chi connectivity index (χ4v) is 1.75. The third-order valence-corrected chi connectivity index (χ3v) is 2.92. The Hall–Kier alpha value is -2.77. The van der Waals surface area contributed by atoms with Gasteiger partial charge < -0.3 is 10.5 Å². The fourth-order valence-electron chi connectivity index (χ4n) is 1.75. The van der Waals surface area contributed by atoms with Gasteiger partial charge in [-0.15, -0.1) is 0 Å². The number of carbonyl (C=O) groups is 2. The summed E-state index contributed by atoms with van der Waals surface area (Å²) in [5.74, 6) is -3.21. The van der Waals surface area contributed by atoms with Gasteiger partial charge in [0.1, 0.15) is 11.5 Å². The molecule has 1 amide bonds. The predicted octanol–water partition coefficient (Wildman–Crippen LogP) is 1.49. The normalized spacial score (nSPS) is 12.0. The van der Waals surface area contributed by atoms with Crippen LogP contribution in [-0.2, 0) is 9.53 Å². The van der Waals surface area contributed by atoms with E-state index in [9.17, 15) is 18.4 Å². The van der Waals surface area contributed by atoms with Crippen LogP contribution in [0.2, 0.25) is 0 Å². The molecule has 0 unspecified atom stereocenters. The van der Waals surface area contributed by atoms with E-state index in [1.54, 1.807) is 6.92 Å². The lowest BCUT2D eigenvalue weighted by Crippen LogP contribution is -2.30. The molecule has 6 nitrogen and oxygen atoms in total. The maximum Gasteiger partial charge on any atom is 0.359 e. The quantitative estimate of drug-likeness (QED) is 0.867. The molecule has 0 saturated carbocycles. The van der Waals surface area contributed by atoms with Crippen LogP contribution in [0.1, 0.15) is 23.1 Å². The highest BCUT2D eigenvalue weighted by Crippen LogP contribution is 2.17. The van der Waals surface area contributed by atoms with Crippen molar-refractivity contribution in [1.82, 2.24) is 9.78 Å². The number of esters is 1. The van der Waals surface area contributed by atoms with Crippen LogP contribution >= 0.6 is 0 Å². The Morgan fingerprint density at radius 2 is 2.00 bits per heavy atom. The highest BCUT2D eigenvalue weighted by molar-refractivity contribution is 5.90. The highest BCUT2D eigenvalue weighted by atomic mass is 19.1. The van der Waals surface area contributed by atoms with Gasteiger partial charge in [0.15, 0.2) is 17.6 Å². The summed E-state index contributed by atoms with van der Waals surface area (Å²) in [5.41, 5.74) is 5.30. The van der Waals surface area contributed by atoms with Crippen molar-refractivity contribution in [2.45, 2.75) is 20.0 Å². The fraction of sp³-hybridized carbons (Fsp3) is 0.214. The van der Waals surface area contributed by atoms with Gasteiger partial charge in [0, 0.05) is 11.8 Å². The van der Waals surface area contributed by atoms with Gasteiger partial charge in [0.25, 0.3) is 5.91 Å². The molecular formula is C14H13F2N3O3. The SMILES string of the molecule is Cc1cc(C(=O)O[C@H](C)C(N)=O)nn1-c1ccc(F)cc1F. The summed E-state index contributed by atoms with van der Waals surface area (Å²) in [6.07, 6.45) is -1.11. The molecule has 0 radical (unpaired) electrons. The van der Waals surface area contributed by atoms with Gasteiger partial charge in [0.2, 0.25) is 0 Å². The van der Waals surface area contributed by atoms with E-state index < -0.39 is 29.6 Å². The lowest BCUT2D eigenvalue weighted by atomic mass is 10.3. The second kappa shape index (κ2) is 5.92. The number of hydrogen-bond acceptors (Lipinski definition) is 4. The monoisotopic (exact) mass is 309 g/mol. The molecule has 0 bridgehead atoms. The maximum atomic E-state index is 13.8. The molecule has 2 aromatic rings. The molecule has 1 aromatic heterocycles. The van der Waals surface area contributed by atoms with Gasteiger partial charge in [-0.2, -0.15) is 5.10 Å². The topological polar surface area (TPSA) is 87.2 Å². The molecule has 1 atom stereocenters. The first-order valence-corrected chi connectivity index (χ1v) is 6.32. The van der Waals surface area contributed by atoms with Crippen LogP contribution in [0.4, 0.5) is 8.78 Å². The molecule has 1 aromatic carbocycles. The van der Waals surface area contributed by atoms with Gasteiger partial charge in [-0.05, 0) is 32.0 Å². The first-order valence-electron chi connectivity index (χ1n) is 6.32. The van der Waals surface area contributed by atoms with Gasteiger partial charge in [-0.3, -0.25) is 4.79 Å². The van der Waals surface area contributed by atoms with Crippen molar-refractivity contribution in [3.8, 4) is 5.69 Å². The molecule has 2 rings (SSSR count). The number of primary amides is 1. The van der Waals surface area contributed by atoms with Gasteiger partial charge in [0.05, 0.1) is 0 Å². The number of nitrogens with zero attached hydrogens (tertiary/aromatic N) is 2. The molecule has 116 valence electrons. The lowest BCUT2D eigenvalue weighted by Gasteiger charge is -2.07. The Balaban J connectivity index is 2.32. The number of benzene rings is 1. The number of aryl methyl sites for hydroxylation is 1. The van der Waals surface area contributed by atoms with E-state index in [-0.39, 0.29) is 11.4 Å². The highest BCUT2D eigenvalue weighted by Gasteiger charge is 2.20. The van der Waals surface area contributed by atoms with Crippen molar-refractivity contribution in [1.29, 1.82) is 0 Å². The van der Waals surface area contributed by atoms with E-state index in [0.717, 1.165) is 10.7 Å². The number of aromatic nitrogens is 2. The Kier molecular flexibility index (Phi) is 4.20. The minimum atomic E-state index is -1.11. The van der Waals surface area contributed by atoms with Crippen molar-refractivity contribution in [3.05, 3.63) is 47.3 Å². The first-order chi connectivity index (χ1) is 10.3. The second-order valence-electron chi connectivity index (χ2n) is 4.63. The first kappa shape index (κ1) is 15.6. The van der Waals surface area contributed by atoms with Gasteiger partial charge >= 0.3 is 5.97 Å². The van der Waals surface area contributed by atoms with Gasteiger partial charge in [-0.1, -0.05) is 0 Å². The molecular weight excluding hydrogens is 296 g/mol. The number of ether oxygens (including phenoxy) is 1. The Bertz CT molecular complexity index is 743. The van der Waals surface area contributed by atoms with Crippen LogP contribution in [-0.4, -0.2) is 27.8 Å². The van der Waals surface area contributed by atoms with Crippen LogP contribution < -0.4 is 5.73 Å². The molecule has 0 aliphatic heterocycles. The molecule has 0 fully saturated rings. The minimum Gasteiger partial charge on any atom is -0.448 e. The molecule has 0 aliphatic rings. The third-order valence-electron chi connectivity index (χ3n) is 2.92. The van der Waals surface area contributed by atoms with Crippen molar-refractivity contribution in [2.75, 3.05) is 0 Å². The zero-order valence-corrected chi connectivity index (χ0v) is 11.8. The molecule has 2 N–H and O–H groups in total. The summed E-state index contributed by atoms with van der Waals surface area (Å²) in [4.78, 5) is 22.7. The predicted molar refractivity (Wildman–Crippen MR) is 72.3 cm³/mol. The van der Waals surface area contributed by atoms with Crippen molar-refractivity contribution in [2.24, 2.45) is 5.73 Å². The Morgan fingerprint density at radius 3 is 2.59 bits per heavy atom. The maximum absolute atomic E-state index is 13.8. The average molecular weight is 309 g/mol. The summed E-state index contributed by atoms with van der Waals surface area (Å²) in [5, 5.41) is 3.91. The van der Waals surface area contributed by atoms with Gasteiger partial charge in [-0.25, -0.2) is 18.3 Å². The van der Waals surface area contributed by atoms with Crippen LogP contribution in [0.15, 0.2) is 24.3 Å². The summed E-state index contributed by atoms with van der Waals surface area (Å²) in [6.45, 7) is 2.91. The number of carbonyl (C=O) groups excluding carboxylic acids is 2. The van der Waals surface area contributed by atoms with Crippen LogP contribution in [0.25, 0.3) is 5.69 Å². The molecule has 0 aliphatic carbocycles. The smallest absolute Gasteiger partial charge is 0.359 e. The molecule has 8 heteroatoms. The summed E-state index contributed by atoms with van der Waals surface area (Å²) in [6, 6.07) is 4.35. The zero-order chi connectivity index (χ0) is 16.4. The Labute approximate surface area is 124 Å². The standard InChI is InChI=1S/C14H13F2N3O3/c1-7-5-11(14(21)22-8(2)13(17)20)18-19(7)12-4-3-9(15)6-10(12)16/h3-6,8H,1-2H3,(H2,17,20)/t8-/m1/s1. The average Bonchev–Trinajstić information content (AvgIpc) is 2.80. The number of nitrogens with two attached hydrogens (primary N) is 1. The Morgan fingerprint density at radius 1 is 1.32 bits per heavy atom. The van der Waals surface area contributed by atoms with E-state index in [4.69, 9.17) is 10.5 Å². The molecule has 22 heavy (non-hydrogen) atoms. The van der Waals surface area contributed by atoms with E-state index in [1.807, 2.05) is 0 Å². The van der Waals surface area contributed by atoms with Crippen molar-refractivity contribution < 1.29 is 23.1 Å². The molecule has 0 saturated heterocycles. The number of rotatable bonds is 4. The zero-order valence-electron chi connectivity index (χ0n) is 11.8. The van der Waals surface area contributed by atoms with Crippen molar-refractivity contribution in [3.63, 3.8) is 0 Å². The van der Waals surface area contributed by atoms with Crippen molar-refractivity contribution >= 4 is 11.9 Å². The number of hydrogen-bond donors (Lipinski definition) is 1. The lowest BCUT2D eigenvalue weighted by molar-refractivity contribution is -0.125. The minimum absolute atomic E-state index is 0.0131. The van der Waals surface area contributed by atoms with E-state index in [1.165, 1.54) is 19.1 Å². The van der Waals surface area contributed by atoms with E-state index in [2.05, 4.69) is 5.10 Å². The number of amides is 1. The second-order valence-corrected chi connectivity index (χ2v) is 4.63. The summed E-state index contributed by atoms with van der Waals surface area (Å²) < 4.78 is 32.6. The molecule has 1 heterocycles. The summed E-state index contributed by atoms with van der Waals surface area (Å²) >= 11 is 0. The van der Waals surface area contributed by atoms with E-state index >= 15 is 0 Å². The van der Waals surface area contributed by atoms with Crippen LogP contribution in [0.5, 0.6) is 0 Å². The van der Waals surface area contributed by atoms with E-state index in [0.29, 0.717) is 11.8 Å². The largest absolute Gasteiger partial charge is 0.448 e. The third kappa shape index (κ3) is 3.11. The number of halogens is 2. The van der Waals surface area contributed by atoms with Crippen LogP contribution in [0, 0.1) is 18.6 Å². The van der Waals surface area contributed by atoms with Crippen LogP contribution in [0.3, 0.4) is 0 Å². The molecule has 0 spiro atoms. The summed E-state index contributed by atoms with van der Waals surface area (Å²) in [7, 11) is 0.